The fourth-order valence-electron chi connectivity index (χ4n) is 2.95. The molecule has 7 nitrogen and oxygen atoms in total. The van der Waals surface area contributed by atoms with Crippen LogP contribution in [0, 0.1) is 0 Å². The first-order chi connectivity index (χ1) is 15.3. The molecule has 3 aromatic rings. The number of thioether (sulfide) groups is 1. The average Bonchev–Trinajstić information content (AvgIpc) is 2.79. The first-order valence-corrected chi connectivity index (χ1v) is 12.3. The number of benzene rings is 3. The predicted octanol–water partition coefficient (Wildman–Crippen LogP) is 3.64. The summed E-state index contributed by atoms with van der Waals surface area (Å²) in [7, 11) is -4.08. The molecule has 166 valence electrons. The summed E-state index contributed by atoms with van der Waals surface area (Å²) >= 11 is 1.57. The zero-order chi connectivity index (χ0) is 23.1. The van der Waals surface area contributed by atoms with Crippen molar-refractivity contribution >= 4 is 39.3 Å². The molecule has 0 saturated heterocycles. The van der Waals surface area contributed by atoms with Gasteiger partial charge in [-0.2, -0.15) is 4.72 Å². The summed E-state index contributed by atoms with van der Waals surface area (Å²) in [5, 5.41) is 12.2. The Morgan fingerprint density at radius 1 is 0.938 bits per heavy atom. The van der Waals surface area contributed by atoms with Crippen molar-refractivity contribution in [3.63, 3.8) is 0 Å². The minimum atomic E-state index is -4.08. The number of amides is 1. The molecular formula is C23H22N2O5S2. The zero-order valence-corrected chi connectivity index (χ0v) is 18.8. The number of anilines is 1. The lowest BCUT2D eigenvalue weighted by atomic mass is 10.1. The molecular weight excluding hydrogens is 448 g/mol. The van der Waals surface area contributed by atoms with E-state index in [-0.39, 0.29) is 17.2 Å². The highest BCUT2D eigenvalue weighted by atomic mass is 32.2. The highest BCUT2D eigenvalue weighted by Crippen LogP contribution is 2.18. The Hall–Kier alpha value is -3.14. The summed E-state index contributed by atoms with van der Waals surface area (Å²) in [5.41, 5.74) is 1.60. The van der Waals surface area contributed by atoms with Gasteiger partial charge in [0.15, 0.2) is 0 Å². The van der Waals surface area contributed by atoms with E-state index >= 15 is 0 Å². The van der Waals surface area contributed by atoms with Crippen molar-refractivity contribution in [2.24, 2.45) is 0 Å². The van der Waals surface area contributed by atoms with Gasteiger partial charge in [-0.3, -0.25) is 9.59 Å². The van der Waals surface area contributed by atoms with Crippen LogP contribution >= 0.6 is 11.8 Å². The number of carboxylic acid groups (broad SMARTS) is 1. The van der Waals surface area contributed by atoms with E-state index in [1.165, 1.54) is 24.3 Å². The highest BCUT2D eigenvalue weighted by Gasteiger charge is 2.25. The van der Waals surface area contributed by atoms with Crippen molar-refractivity contribution in [3.05, 3.63) is 90.0 Å². The second kappa shape index (κ2) is 10.4. The number of hydrogen-bond acceptors (Lipinski definition) is 5. The Kier molecular flexibility index (Phi) is 7.68. The monoisotopic (exact) mass is 470 g/mol. The number of carbonyl (C=O) groups is 2. The molecule has 3 aromatic carbocycles. The first kappa shape index (κ1) is 23.5. The zero-order valence-electron chi connectivity index (χ0n) is 17.2. The van der Waals surface area contributed by atoms with Crippen LogP contribution in [-0.4, -0.2) is 37.7 Å². The number of sulfonamides is 1. The molecule has 0 saturated carbocycles. The van der Waals surface area contributed by atoms with Crippen molar-refractivity contribution in [2.45, 2.75) is 22.3 Å². The Bertz CT molecular complexity index is 1180. The van der Waals surface area contributed by atoms with E-state index in [1.807, 2.05) is 18.4 Å². The highest BCUT2D eigenvalue weighted by molar-refractivity contribution is 7.98. The lowest BCUT2D eigenvalue weighted by molar-refractivity contribution is -0.138. The minimum Gasteiger partial charge on any atom is -0.480 e. The molecule has 3 rings (SSSR count). The molecule has 0 aliphatic rings. The normalized spacial score (nSPS) is 12.2. The van der Waals surface area contributed by atoms with Crippen LogP contribution in [0.3, 0.4) is 0 Å². The molecule has 0 aromatic heterocycles. The molecule has 0 unspecified atom stereocenters. The van der Waals surface area contributed by atoms with E-state index in [1.54, 1.807) is 54.2 Å². The standard InChI is InChI=1S/C23H22N2O5S2/c1-31-19-11-7-17(8-12-19)22(26)24-18-9-13-20(14-10-18)32(29,30)25-21(23(27)28)15-16-5-3-2-4-6-16/h2-14,21,25H,15H2,1H3,(H,24,26)(H,27,28)/t21-/m1/s1. The summed E-state index contributed by atoms with van der Waals surface area (Å²) < 4.78 is 27.6. The maximum absolute atomic E-state index is 12.7. The second-order valence-electron chi connectivity index (χ2n) is 6.91. The lowest BCUT2D eigenvalue weighted by Gasteiger charge is -2.15. The van der Waals surface area contributed by atoms with Crippen LogP contribution in [0.2, 0.25) is 0 Å². The third-order valence-electron chi connectivity index (χ3n) is 4.65. The quantitative estimate of drug-likeness (QED) is 0.412. The number of carbonyl (C=O) groups excluding carboxylic acids is 1. The van der Waals surface area contributed by atoms with Gasteiger partial charge in [-0.25, -0.2) is 8.42 Å². The predicted molar refractivity (Wildman–Crippen MR) is 125 cm³/mol. The first-order valence-electron chi connectivity index (χ1n) is 9.63. The molecule has 0 aliphatic carbocycles. The third-order valence-corrected chi connectivity index (χ3v) is 6.88. The molecule has 0 radical (unpaired) electrons. The van der Waals surface area contributed by atoms with Crippen LogP contribution in [0.1, 0.15) is 15.9 Å². The van der Waals surface area contributed by atoms with Gasteiger partial charge in [-0.05, 0) is 66.8 Å². The Morgan fingerprint density at radius 3 is 2.12 bits per heavy atom. The van der Waals surface area contributed by atoms with Crippen LogP contribution in [0.15, 0.2) is 88.7 Å². The smallest absolute Gasteiger partial charge is 0.322 e. The molecule has 32 heavy (non-hydrogen) atoms. The second-order valence-corrected chi connectivity index (χ2v) is 9.50. The Morgan fingerprint density at radius 2 is 1.56 bits per heavy atom. The van der Waals surface area contributed by atoms with Gasteiger partial charge in [-0.1, -0.05) is 30.3 Å². The van der Waals surface area contributed by atoms with Gasteiger partial charge in [-0.15, -0.1) is 11.8 Å². The molecule has 0 bridgehead atoms. The SMILES string of the molecule is CSc1ccc(C(=O)Nc2ccc(S(=O)(=O)N[C@H](Cc3ccccc3)C(=O)O)cc2)cc1. The summed E-state index contributed by atoms with van der Waals surface area (Å²) in [6.07, 6.45) is 1.96. The van der Waals surface area contributed by atoms with Gasteiger partial charge >= 0.3 is 5.97 Å². The Labute approximate surface area is 190 Å². The number of nitrogens with one attached hydrogen (secondary N) is 2. The van der Waals surface area contributed by atoms with E-state index in [0.29, 0.717) is 16.8 Å². The molecule has 3 N–H and O–H groups in total. The van der Waals surface area contributed by atoms with Crippen LogP contribution in [-0.2, 0) is 21.2 Å². The number of aliphatic carboxylic acids is 1. The molecule has 1 amide bonds. The van der Waals surface area contributed by atoms with Crippen molar-refractivity contribution in [1.29, 1.82) is 0 Å². The average molecular weight is 471 g/mol. The fourth-order valence-corrected chi connectivity index (χ4v) is 4.55. The lowest BCUT2D eigenvalue weighted by Crippen LogP contribution is -2.42. The van der Waals surface area contributed by atoms with Gasteiger partial charge in [0, 0.05) is 16.1 Å². The molecule has 9 heteroatoms. The van der Waals surface area contributed by atoms with Crippen molar-refractivity contribution < 1.29 is 23.1 Å². The molecule has 1 atom stereocenters. The molecule has 0 fully saturated rings. The van der Waals surface area contributed by atoms with Crippen LogP contribution in [0.5, 0.6) is 0 Å². The van der Waals surface area contributed by atoms with Gasteiger partial charge < -0.3 is 10.4 Å². The van der Waals surface area contributed by atoms with E-state index in [9.17, 15) is 23.1 Å². The van der Waals surface area contributed by atoms with E-state index in [0.717, 1.165) is 4.90 Å². The maximum atomic E-state index is 12.7. The summed E-state index contributed by atoms with van der Waals surface area (Å²) in [4.78, 5) is 24.9. The summed E-state index contributed by atoms with van der Waals surface area (Å²) in [6.45, 7) is 0. The number of hydrogen-bond donors (Lipinski definition) is 3. The van der Waals surface area contributed by atoms with Gasteiger partial charge in [0.25, 0.3) is 5.91 Å². The largest absolute Gasteiger partial charge is 0.480 e. The van der Waals surface area contributed by atoms with Gasteiger partial charge in [0.2, 0.25) is 10.0 Å². The summed E-state index contributed by atoms with van der Waals surface area (Å²) in [5.74, 6) is -1.59. The topological polar surface area (TPSA) is 113 Å². The van der Waals surface area contributed by atoms with Crippen LogP contribution in [0.4, 0.5) is 5.69 Å². The molecule has 0 heterocycles. The van der Waals surface area contributed by atoms with Crippen LogP contribution in [0.25, 0.3) is 0 Å². The van der Waals surface area contributed by atoms with Crippen molar-refractivity contribution in [3.8, 4) is 0 Å². The maximum Gasteiger partial charge on any atom is 0.322 e. The summed E-state index contributed by atoms with van der Waals surface area (Å²) in [6, 6.07) is 20.1. The van der Waals surface area contributed by atoms with E-state index in [2.05, 4.69) is 10.0 Å². The van der Waals surface area contributed by atoms with E-state index in [4.69, 9.17) is 0 Å². The van der Waals surface area contributed by atoms with E-state index < -0.39 is 22.0 Å². The molecule has 0 spiro atoms. The number of rotatable bonds is 9. The fraction of sp³-hybridized carbons (Fsp3) is 0.130. The minimum absolute atomic E-state index is 0.0128. The van der Waals surface area contributed by atoms with Crippen molar-refractivity contribution in [1.82, 2.24) is 4.72 Å². The van der Waals surface area contributed by atoms with Crippen LogP contribution < -0.4 is 10.0 Å². The van der Waals surface area contributed by atoms with Crippen molar-refractivity contribution in [2.75, 3.05) is 11.6 Å². The Balaban J connectivity index is 1.69. The van der Waals surface area contributed by atoms with Gasteiger partial charge in [0.1, 0.15) is 6.04 Å². The number of carboxylic acids is 1. The van der Waals surface area contributed by atoms with Gasteiger partial charge in [0.05, 0.1) is 4.90 Å². The molecule has 0 aliphatic heterocycles. The third kappa shape index (κ3) is 6.19.